The first-order valence-corrected chi connectivity index (χ1v) is 12.5. The van der Waals surface area contributed by atoms with Crippen molar-refractivity contribution in [1.82, 2.24) is 29.6 Å². The number of amides is 1. The van der Waals surface area contributed by atoms with Crippen molar-refractivity contribution in [1.29, 1.82) is 0 Å². The van der Waals surface area contributed by atoms with Gasteiger partial charge >= 0.3 is 0 Å². The van der Waals surface area contributed by atoms with Gasteiger partial charge in [0.15, 0.2) is 11.5 Å². The maximum absolute atomic E-state index is 13.3. The van der Waals surface area contributed by atoms with Crippen molar-refractivity contribution in [3.63, 3.8) is 0 Å². The third-order valence-corrected chi connectivity index (χ3v) is 6.97. The molecule has 1 fully saturated rings. The highest BCUT2D eigenvalue weighted by atomic mass is 127. The zero-order valence-corrected chi connectivity index (χ0v) is 21.4. The number of fused-ring (bicyclic) bond motifs is 1. The van der Waals surface area contributed by atoms with E-state index in [0.717, 1.165) is 14.6 Å². The molecule has 182 valence electrons. The van der Waals surface area contributed by atoms with Crippen LogP contribution < -0.4 is 9.64 Å². The molecule has 1 N–H and O–H groups in total. The van der Waals surface area contributed by atoms with Gasteiger partial charge in [0.05, 0.1) is 8.96 Å². The first-order valence-electron chi connectivity index (χ1n) is 11.4. The summed E-state index contributed by atoms with van der Waals surface area (Å²) >= 11 is 2.19. The number of imidazole rings is 1. The molecule has 1 amide bonds. The second kappa shape index (κ2) is 10.2. The average Bonchev–Trinajstić information content (AvgIpc) is 3.52. The van der Waals surface area contributed by atoms with Gasteiger partial charge in [-0.05, 0) is 53.8 Å². The van der Waals surface area contributed by atoms with E-state index in [-0.39, 0.29) is 25.1 Å². The van der Waals surface area contributed by atoms with Crippen LogP contribution in [-0.2, 0) is 11.3 Å². The standard InChI is InChI=1S/C24H25FIN7O2/c1-16-14-31(17-4-5-19(26)20(13-17)35-12-6-25)10-11-32(16)21(34)15-33-24-18(3-2-7-29-24)22(30-33)23-27-8-9-28-23/h2-5,7-9,13,16H,6,10-12,14-15H2,1H3,(H,27,28)/t16-/m0/s1. The Hall–Kier alpha value is -3.22. The van der Waals surface area contributed by atoms with Crippen molar-refractivity contribution in [3.8, 4) is 17.3 Å². The van der Waals surface area contributed by atoms with Crippen molar-refractivity contribution in [2.75, 3.05) is 37.8 Å². The van der Waals surface area contributed by atoms with Gasteiger partial charge in [0.2, 0.25) is 5.91 Å². The number of nitrogens with one attached hydrogen (secondary N) is 1. The normalized spacial score (nSPS) is 16.1. The van der Waals surface area contributed by atoms with E-state index in [1.54, 1.807) is 23.3 Å². The monoisotopic (exact) mass is 589 g/mol. The largest absolute Gasteiger partial charge is 0.490 e. The third kappa shape index (κ3) is 4.81. The summed E-state index contributed by atoms with van der Waals surface area (Å²) in [6.45, 7) is 3.62. The molecule has 1 aliphatic heterocycles. The van der Waals surface area contributed by atoms with Gasteiger partial charge in [-0.2, -0.15) is 5.10 Å². The molecule has 0 radical (unpaired) electrons. The minimum Gasteiger partial charge on any atom is -0.490 e. The molecule has 0 spiro atoms. The Labute approximate surface area is 215 Å². The number of alkyl halides is 1. The van der Waals surface area contributed by atoms with Crippen LogP contribution in [0.2, 0.25) is 0 Å². The lowest BCUT2D eigenvalue weighted by Crippen LogP contribution is -2.54. The smallest absolute Gasteiger partial charge is 0.244 e. The summed E-state index contributed by atoms with van der Waals surface area (Å²) in [4.78, 5) is 29.3. The van der Waals surface area contributed by atoms with Crippen molar-refractivity contribution < 1.29 is 13.9 Å². The molecule has 4 aromatic rings. The molecule has 1 aromatic carbocycles. The van der Waals surface area contributed by atoms with Gasteiger partial charge in [-0.3, -0.25) is 4.79 Å². The highest BCUT2D eigenvalue weighted by Gasteiger charge is 2.29. The Balaban J connectivity index is 1.30. The molecule has 1 saturated heterocycles. The molecular weight excluding hydrogens is 564 g/mol. The lowest BCUT2D eigenvalue weighted by atomic mass is 10.1. The fourth-order valence-corrected chi connectivity index (χ4v) is 4.91. The van der Waals surface area contributed by atoms with E-state index < -0.39 is 6.67 Å². The summed E-state index contributed by atoms with van der Waals surface area (Å²) in [5, 5.41) is 5.50. The van der Waals surface area contributed by atoms with Gasteiger partial charge in [0.25, 0.3) is 0 Å². The molecule has 11 heteroatoms. The summed E-state index contributed by atoms with van der Waals surface area (Å²) in [6, 6.07) is 9.73. The SMILES string of the molecule is C[C@H]1CN(c2ccc(I)c(OCCF)c2)CCN1C(=O)Cn1nc(-c2ncc[nH]2)c2cccnc21. The van der Waals surface area contributed by atoms with E-state index in [1.165, 1.54) is 0 Å². The Kier molecular flexibility index (Phi) is 6.84. The molecule has 0 bridgehead atoms. The number of carbonyl (C=O) groups is 1. The summed E-state index contributed by atoms with van der Waals surface area (Å²) in [7, 11) is 0. The third-order valence-electron chi connectivity index (χ3n) is 6.08. The first kappa shape index (κ1) is 23.5. The molecule has 3 aromatic heterocycles. The van der Waals surface area contributed by atoms with E-state index in [0.29, 0.717) is 42.5 Å². The summed E-state index contributed by atoms with van der Waals surface area (Å²) in [5.74, 6) is 1.31. The van der Waals surface area contributed by atoms with Crippen LogP contribution in [-0.4, -0.2) is 74.5 Å². The first-order chi connectivity index (χ1) is 17.0. The van der Waals surface area contributed by atoms with Crippen LogP contribution in [0.1, 0.15) is 6.92 Å². The lowest BCUT2D eigenvalue weighted by Gasteiger charge is -2.41. The minimum absolute atomic E-state index is 0.00469. The second-order valence-electron chi connectivity index (χ2n) is 8.35. The molecule has 0 aliphatic carbocycles. The molecule has 1 aliphatic rings. The van der Waals surface area contributed by atoms with Crippen molar-refractivity contribution >= 4 is 45.2 Å². The predicted octanol–water partition coefficient (Wildman–Crippen LogP) is 3.51. The number of hydrogen-bond donors (Lipinski definition) is 1. The minimum atomic E-state index is -0.526. The number of nitrogens with zero attached hydrogens (tertiary/aromatic N) is 6. The zero-order chi connectivity index (χ0) is 24.4. The van der Waals surface area contributed by atoms with Gasteiger partial charge in [0.1, 0.15) is 31.3 Å². The number of H-pyrrole nitrogens is 1. The van der Waals surface area contributed by atoms with Crippen LogP contribution >= 0.6 is 22.6 Å². The lowest BCUT2D eigenvalue weighted by molar-refractivity contribution is -0.134. The van der Waals surface area contributed by atoms with Gasteiger partial charge in [0, 0.05) is 56.0 Å². The highest BCUT2D eigenvalue weighted by Crippen LogP contribution is 2.29. The second-order valence-corrected chi connectivity index (χ2v) is 9.52. The average molecular weight is 589 g/mol. The number of ether oxygens (including phenoxy) is 1. The molecular formula is C24H25FIN7O2. The van der Waals surface area contributed by atoms with Crippen LogP contribution in [0.5, 0.6) is 5.75 Å². The topological polar surface area (TPSA) is 92.2 Å². The molecule has 0 saturated carbocycles. The van der Waals surface area contributed by atoms with E-state index >= 15 is 0 Å². The van der Waals surface area contributed by atoms with Gasteiger partial charge in [-0.15, -0.1) is 0 Å². The number of halogens is 2. The van der Waals surface area contributed by atoms with Crippen LogP contribution in [0.3, 0.4) is 0 Å². The van der Waals surface area contributed by atoms with Gasteiger partial charge < -0.3 is 19.5 Å². The Morgan fingerprint density at radius 2 is 2.14 bits per heavy atom. The number of benzene rings is 1. The number of piperazine rings is 1. The molecule has 5 rings (SSSR count). The summed E-state index contributed by atoms with van der Waals surface area (Å²) < 4.78 is 20.7. The maximum Gasteiger partial charge on any atom is 0.244 e. The van der Waals surface area contributed by atoms with Crippen molar-refractivity contribution in [2.24, 2.45) is 0 Å². The van der Waals surface area contributed by atoms with Crippen LogP contribution in [0.25, 0.3) is 22.6 Å². The van der Waals surface area contributed by atoms with Crippen LogP contribution in [0.15, 0.2) is 48.9 Å². The zero-order valence-electron chi connectivity index (χ0n) is 19.2. The molecule has 35 heavy (non-hydrogen) atoms. The molecule has 1 atom stereocenters. The fourth-order valence-electron chi connectivity index (χ4n) is 4.42. The number of pyridine rings is 1. The fraction of sp³-hybridized carbons (Fsp3) is 0.333. The van der Waals surface area contributed by atoms with Gasteiger partial charge in [-0.25, -0.2) is 19.0 Å². The number of anilines is 1. The summed E-state index contributed by atoms with van der Waals surface area (Å²) in [5.41, 5.74) is 2.33. The quantitative estimate of drug-likeness (QED) is 0.332. The van der Waals surface area contributed by atoms with E-state index in [4.69, 9.17) is 4.74 Å². The number of hydrogen-bond acceptors (Lipinski definition) is 6. The van der Waals surface area contributed by atoms with Crippen LogP contribution in [0.4, 0.5) is 10.1 Å². The van der Waals surface area contributed by atoms with E-state index in [1.807, 2.05) is 42.2 Å². The number of aromatic nitrogens is 5. The number of rotatable bonds is 7. The van der Waals surface area contributed by atoms with Gasteiger partial charge in [-0.1, -0.05) is 0 Å². The van der Waals surface area contributed by atoms with E-state index in [2.05, 4.69) is 47.5 Å². The maximum atomic E-state index is 13.3. The Morgan fingerprint density at radius 3 is 2.91 bits per heavy atom. The highest BCUT2D eigenvalue weighted by molar-refractivity contribution is 14.1. The predicted molar refractivity (Wildman–Crippen MR) is 139 cm³/mol. The number of carbonyl (C=O) groups excluding carboxylic acids is 1. The van der Waals surface area contributed by atoms with Crippen molar-refractivity contribution in [3.05, 3.63) is 52.5 Å². The molecule has 9 nitrogen and oxygen atoms in total. The van der Waals surface area contributed by atoms with Crippen LogP contribution in [0, 0.1) is 3.57 Å². The molecule has 4 heterocycles. The number of aromatic amines is 1. The summed E-state index contributed by atoms with van der Waals surface area (Å²) in [6.07, 6.45) is 5.12. The van der Waals surface area contributed by atoms with E-state index in [9.17, 15) is 9.18 Å². The Morgan fingerprint density at radius 1 is 1.26 bits per heavy atom. The molecule has 0 unspecified atom stereocenters. The van der Waals surface area contributed by atoms with Crippen molar-refractivity contribution in [2.45, 2.75) is 19.5 Å². The Bertz CT molecular complexity index is 1330.